The van der Waals surface area contributed by atoms with Crippen LogP contribution in [-0.4, -0.2) is 28.3 Å². The second-order valence-corrected chi connectivity index (χ2v) is 5.47. The van der Waals surface area contributed by atoms with E-state index < -0.39 is 10.0 Å². The maximum Gasteiger partial charge on any atom is 0.231 e. The molecule has 16 heavy (non-hydrogen) atoms. The Morgan fingerprint density at radius 3 is 2.31 bits per heavy atom. The van der Waals surface area contributed by atoms with Gasteiger partial charge in [0.15, 0.2) is 0 Å². The number of rotatable bonds is 4. The summed E-state index contributed by atoms with van der Waals surface area (Å²) in [4.78, 5) is 0. The fraction of sp³-hybridized carbons (Fsp3) is 0.273. The van der Waals surface area contributed by atoms with E-state index in [9.17, 15) is 8.42 Å². The zero-order chi connectivity index (χ0) is 12.2. The third kappa shape index (κ3) is 3.36. The lowest BCUT2D eigenvalue weighted by Gasteiger charge is -2.16. The number of nitrogens with two attached hydrogens (primary N) is 1. The maximum absolute atomic E-state index is 11.3. The van der Waals surface area contributed by atoms with Crippen LogP contribution in [-0.2, 0) is 10.0 Å². The predicted octanol–water partition coefficient (Wildman–Crippen LogP) is 1.05. The quantitative estimate of drug-likeness (QED) is 0.855. The van der Waals surface area contributed by atoms with Crippen molar-refractivity contribution in [2.24, 2.45) is 5.73 Å². The SMILES string of the molecule is CN(c1ccc(/C=C/CN)cc1)S(C)(=O)=O. The zero-order valence-electron chi connectivity index (χ0n) is 9.42. The van der Waals surface area contributed by atoms with Gasteiger partial charge in [-0.2, -0.15) is 0 Å². The molecule has 0 amide bonds. The molecule has 0 bridgehead atoms. The van der Waals surface area contributed by atoms with Crippen LogP contribution in [0.1, 0.15) is 5.56 Å². The van der Waals surface area contributed by atoms with Crippen LogP contribution in [0.25, 0.3) is 6.08 Å². The van der Waals surface area contributed by atoms with Crippen molar-refractivity contribution >= 4 is 21.8 Å². The molecule has 5 heteroatoms. The van der Waals surface area contributed by atoms with Crippen LogP contribution >= 0.6 is 0 Å². The molecule has 0 unspecified atom stereocenters. The second-order valence-electron chi connectivity index (χ2n) is 3.46. The molecule has 1 aromatic rings. The molecule has 0 heterocycles. The highest BCUT2D eigenvalue weighted by Gasteiger charge is 2.10. The number of anilines is 1. The minimum Gasteiger partial charge on any atom is -0.327 e. The Hall–Kier alpha value is -1.33. The fourth-order valence-electron chi connectivity index (χ4n) is 1.19. The summed E-state index contributed by atoms with van der Waals surface area (Å²) in [6.45, 7) is 0.491. The van der Waals surface area contributed by atoms with Crippen LogP contribution in [0, 0.1) is 0 Å². The summed E-state index contributed by atoms with van der Waals surface area (Å²) in [7, 11) is -1.66. The molecular formula is C11H16N2O2S. The first kappa shape index (κ1) is 12.7. The molecule has 88 valence electrons. The van der Waals surface area contributed by atoms with E-state index in [2.05, 4.69) is 0 Å². The van der Waals surface area contributed by atoms with Gasteiger partial charge < -0.3 is 5.73 Å². The van der Waals surface area contributed by atoms with Crippen LogP contribution in [0.3, 0.4) is 0 Å². The van der Waals surface area contributed by atoms with Crippen LogP contribution in [0.4, 0.5) is 5.69 Å². The van der Waals surface area contributed by atoms with Crippen molar-refractivity contribution in [2.45, 2.75) is 0 Å². The Balaban J connectivity index is 2.91. The molecule has 0 aliphatic carbocycles. The van der Waals surface area contributed by atoms with E-state index in [0.29, 0.717) is 12.2 Å². The fourth-order valence-corrected chi connectivity index (χ4v) is 1.70. The molecule has 2 N–H and O–H groups in total. The molecular weight excluding hydrogens is 224 g/mol. The smallest absolute Gasteiger partial charge is 0.231 e. The Labute approximate surface area is 96.4 Å². The largest absolute Gasteiger partial charge is 0.327 e. The van der Waals surface area contributed by atoms with E-state index in [-0.39, 0.29) is 0 Å². The van der Waals surface area contributed by atoms with Gasteiger partial charge in [0, 0.05) is 13.6 Å². The number of nitrogens with zero attached hydrogens (tertiary/aromatic N) is 1. The minimum atomic E-state index is -3.19. The van der Waals surface area contributed by atoms with Crippen molar-refractivity contribution in [3.05, 3.63) is 35.9 Å². The van der Waals surface area contributed by atoms with E-state index in [1.54, 1.807) is 12.1 Å². The van der Waals surface area contributed by atoms with Crippen LogP contribution in [0.2, 0.25) is 0 Å². The lowest BCUT2D eigenvalue weighted by molar-refractivity contribution is 0.600. The number of benzene rings is 1. The zero-order valence-corrected chi connectivity index (χ0v) is 10.2. The molecule has 0 atom stereocenters. The van der Waals surface area contributed by atoms with Crippen molar-refractivity contribution in [3.63, 3.8) is 0 Å². The standard InChI is InChI=1S/C11H16N2O2S/c1-13(16(2,14)15)11-7-5-10(6-8-11)4-3-9-12/h3-8H,9,12H2,1-2H3/b4-3+. The van der Waals surface area contributed by atoms with Gasteiger partial charge in [0.1, 0.15) is 0 Å². The summed E-state index contributed by atoms with van der Waals surface area (Å²) in [6.07, 6.45) is 4.91. The van der Waals surface area contributed by atoms with Crippen LogP contribution in [0.15, 0.2) is 30.3 Å². The molecule has 0 saturated carbocycles. The summed E-state index contributed by atoms with van der Waals surface area (Å²) in [5.41, 5.74) is 6.98. The molecule has 0 aromatic heterocycles. The van der Waals surface area contributed by atoms with E-state index in [1.807, 2.05) is 24.3 Å². The van der Waals surface area contributed by atoms with E-state index in [1.165, 1.54) is 17.6 Å². The van der Waals surface area contributed by atoms with Crippen molar-refractivity contribution in [3.8, 4) is 0 Å². The maximum atomic E-state index is 11.3. The number of hydrogen-bond donors (Lipinski definition) is 1. The van der Waals surface area contributed by atoms with Gasteiger partial charge >= 0.3 is 0 Å². The van der Waals surface area contributed by atoms with E-state index in [0.717, 1.165) is 5.56 Å². The number of sulfonamides is 1. The topological polar surface area (TPSA) is 63.4 Å². The van der Waals surface area contributed by atoms with Gasteiger partial charge in [0.2, 0.25) is 10.0 Å². The monoisotopic (exact) mass is 240 g/mol. The highest BCUT2D eigenvalue weighted by atomic mass is 32.2. The second kappa shape index (κ2) is 5.14. The molecule has 0 aliphatic rings. The molecule has 1 rings (SSSR count). The molecule has 1 aromatic carbocycles. The van der Waals surface area contributed by atoms with Gasteiger partial charge in [-0.15, -0.1) is 0 Å². The van der Waals surface area contributed by atoms with Crippen molar-refractivity contribution in [1.82, 2.24) is 0 Å². The number of hydrogen-bond acceptors (Lipinski definition) is 3. The summed E-state index contributed by atoms with van der Waals surface area (Å²) < 4.78 is 23.8. The summed E-state index contributed by atoms with van der Waals surface area (Å²) in [5, 5.41) is 0. The van der Waals surface area contributed by atoms with Gasteiger partial charge in [-0.3, -0.25) is 4.31 Å². The normalized spacial score (nSPS) is 11.9. The lowest BCUT2D eigenvalue weighted by atomic mass is 10.2. The van der Waals surface area contributed by atoms with Crippen molar-refractivity contribution < 1.29 is 8.42 Å². The summed E-state index contributed by atoms with van der Waals surface area (Å²) >= 11 is 0. The lowest BCUT2D eigenvalue weighted by Crippen LogP contribution is -2.24. The third-order valence-electron chi connectivity index (χ3n) is 2.20. The van der Waals surface area contributed by atoms with Crippen LogP contribution in [0.5, 0.6) is 0 Å². The Bertz CT molecular complexity index is 463. The first-order valence-electron chi connectivity index (χ1n) is 4.85. The van der Waals surface area contributed by atoms with Gasteiger partial charge in [0.25, 0.3) is 0 Å². The van der Waals surface area contributed by atoms with Crippen molar-refractivity contribution in [2.75, 3.05) is 24.2 Å². The van der Waals surface area contributed by atoms with Crippen molar-refractivity contribution in [1.29, 1.82) is 0 Å². The first-order valence-corrected chi connectivity index (χ1v) is 6.70. The average molecular weight is 240 g/mol. The Kier molecular flexibility index (Phi) is 4.09. The third-order valence-corrected chi connectivity index (χ3v) is 3.41. The molecule has 0 fully saturated rings. The van der Waals surface area contributed by atoms with Gasteiger partial charge in [0.05, 0.1) is 11.9 Å². The highest BCUT2D eigenvalue weighted by molar-refractivity contribution is 7.92. The summed E-state index contributed by atoms with van der Waals surface area (Å²) in [6, 6.07) is 7.22. The van der Waals surface area contributed by atoms with E-state index >= 15 is 0 Å². The average Bonchev–Trinajstić information content (AvgIpc) is 2.25. The van der Waals surface area contributed by atoms with Gasteiger partial charge in [-0.05, 0) is 17.7 Å². The Morgan fingerprint density at radius 2 is 1.88 bits per heavy atom. The van der Waals surface area contributed by atoms with Crippen LogP contribution < -0.4 is 10.0 Å². The molecule has 0 spiro atoms. The molecule has 0 aliphatic heterocycles. The highest BCUT2D eigenvalue weighted by Crippen LogP contribution is 2.16. The predicted molar refractivity (Wildman–Crippen MR) is 67.8 cm³/mol. The minimum absolute atomic E-state index is 0.491. The van der Waals surface area contributed by atoms with Gasteiger partial charge in [-0.25, -0.2) is 8.42 Å². The molecule has 0 radical (unpaired) electrons. The first-order chi connectivity index (χ1) is 7.45. The van der Waals surface area contributed by atoms with E-state index in [4.69, 9.17) is 5.73 Å². The Morgan fingerprint density at radius 1 is 1.31 bits per heavy atom. The molecule has 4 nitrogen and oxygen atoms in total. The van der Waals surface area contributed by atoms with Gasteiger partial charge in [-0.1, -0.05) is 24.3 Å². The molecule has 0 saturated heterocycles. The summed E-state index contributed by atoms with van der Waals surface area (Å²) in [5.74, 6) is 0.